The molecule has 5 nitrogen and oxygen atoms in total. The Balaban J connectivity index is 2.28. The Kier molecular flexibility index (Phi) is 4.79. The summed E-state index contributed by atoms with van der Waals surface area (Å²) < 4.78 is 10.3. The van der Waals surface area contributed by atoms with Crippen LogP contribution in [0.2, 0.25) is 0 Å². The van der Waals surface area contributed by atoms with Gasteiger partial charge in [-0.3, -0.25) is 4.79 Å². The van der Waals surface area contributed by atoms with E-state index in [1.165, 1.54) is 0 Å². The van der Waals surface area contributed by atoms with Crippen LogP contribution in [0, 0.1) is 0 Å². The summed E-state index contributed by atoms with van der Waals surface area (Å²) in [5, 5.41) is 2.85. The van der Waals surface area contributed by atoms with E-state index in [4.69, 9.17) is 15.2 Å². The molecule has 2 aromatic rings. The fourth-order valence-electron chi connectivity index (χ4n) is 1.95. The number of carbonyl (C=O) groups excluding carboxylic acids is 1. The molecule has 110 valence electrons. The third-order valence-corrected chi connectivity index (χ3v) is 3.10. The van der Waals surface area contributed by atoms with Crippen LogP contribution in [0.3, 0.4) is 0 Å². The van der Waals surface area contributed by atoms with E-state index in [0.29, 0.717) is 29.3 Å². The van der Waals surface area contributed by atoms with Gasteiger partial charge < -0.3 is 20.5 Å². The van der Waals surface area contributed by atoms with Gasteiger partial charge in [-0.05, 0) is 23.8 Å². The van der Waals surface area contributed by atoms with Crippen LogP contribution in [0.5, 0.6) is 11.5 Å². The number of hydrogen-bond acceptors (Lipinski definition) is 4. The maximum absolute atomic E-state index is 12.4. The van der Waals surface area contributed by atoms with Crippen LogP contribution < -0.4 is 20.5 Å². The smallest absolute Gasteiger partial charge is 0.255 e. The molecule has 0 saturated carbocycles. The predicted molar refractivity (Wildman–Crippen MR) is 81.8 cm³/mol. The van der Waals surface area contributed by atoms with Crippen LogP contribution in [0.4, 0.5) is 5.69 Å². The maximum Gasteiger partial charge on any atom is 0.255 e. The van der Waals surface area contributed by atoms with Gasteiger partial charge in [0.2, 0.25) is 0 Å². The zero-order valence-electron chi connectivity index (χ0n) is 12.1. The Morgan fingerprint density at radius 1 is 1.10 bits per heavy atom. The van der Waals surface area contributed by atoms with E-state index in [2.05, 4.69) is 5.32 Å². The minimum absolute atomic E-state index is 0.242. The molecule has 21 heavy (non-hydrogen) atoms. The van der Waals surface area contributed by atoms with Crippen molar-refractivity contribution in [2.24, 2.45) is 5.73 Å². The first-order valence-electron chi connectivity index (χ1n) is 6.50. The molecule has 0 unspecified atom stereocenters. The number of ether oxygens (including phenoxy) is 2. The van der Waals surface area contributed by atoms with Crippen LogP contribution in [0.15, 0.2) is 42.5 Å². The molecule has 1 amide bonds. The minimum Gasteiger partial charge on any atom is -0.497 e. The number of anilines is 1. The standard InChI is InChI=1S/C16H18N2O3/c1-20-13-7-12(8-14(9-13)21-2)16(19)18-15-6-4-3-5-11(15)10-17/h3-9H,10,17H2,1-2H3,(H,18,19). The van der Waals surface area contributed by atoms with E-state index in [9.17, 15) is 4.79 Å². The van der Waals surface area contributed by atoms with Gasteiger partial charge in [-0.2, -0.15) is 0 Å². The van der Waals surface area contributed by atoms with E-state index >= 15 is 0 Å². The molecule has 0 aromatic heterocycles. The van der Waals surface area contributed by atoms with Crippen molar-refractivity contribution >= 4 is 11.6 Å². The monoisotopic (exact) mass is 286 g/mol. The minimum atomic E-state index is -0.242. The Labute approximate surface area is 123 Å². The van der Waals surface area contributed by atoms with Gasteiger partial charge >= 0.3 is 0 Å². The quantitative estimate of drug-likeness (QED) is 0.885. The van der Waals surface area contributed by atoms with Gasteiger partial charge in [-0.15, -0.1) is 0 Å². The Bertz CT molecular complexity index is 619. The third kappa shape index (κ3) is 3.52. The van der Waals surface area contributed by atoms with Crippen molar-refractivity contribution in [1.82, 2.24) is 0 Å². The SMILES string of the molecule is COc1cc(OC)cc(C(=O)Nc2ccccc2CN)c1. The van der Waals surface area contributed by atoms with Crippen molar-refractivity contribution < 1.29 is 14.3 Å². The second-order valence-electron chi connectivity index (χ2n) is 4.42. The number of methoxy groups -OCH3 is 2. The lowest BCUT2D eigenvalue weighted by molar-refractivity contribution is 0.102. The summed E-state index contributed by atoms with van der Waals surface area (Å²) in [5.41, 5.74) is 7.70. The molecule has 3 N–H and O–H groups in total. The number of nitrogens with one attached hydrogen (secondary N) is 1. The maximum atomic E-state index is 12.4. The van der Waals surface area contributed by atoms with E-state index < -0.39 is 0 Å². The van der Waals surface area contributed by atoms with Crippen LogP contribution in [-0.4, -0.2) is 20.1 Å². The molecule has 0 aliphatic rings. The highest BCUT2D eigenvalue weighted by molar-refractivity contribution is 6.05. The number of carbonyl (C=O) groups is 1. The summed E-state index contributed by atoms with van der Waals surface area (Å²) >= 11 is 0. The highest BCUT2D eigenvalue weighted by Gasteiger charge is 2.11. The van der Waals surface area contributed by atoms with Gasteiger partial charge in [0.25, 0.3) is 5.91 Å². The summed E-state index contributed by atoms with van der Waals surface area (Å²) in [4.78, 5) is 12.4. The molecule has 0 fully saturated rings. The molecular formula is C16H18N2O3. The summed E-state index contributed by atoms with van der Waals surface area (Å²) in [6.07, 6.45) is 0. The highest BCUT2D eigenvalue weighted by atomic mass is 16.5. The number of rotatable bonds is 5. The van der Waals surface area contributed by atoms with Crippen LogP contribution in [-0.2, 0) is 6.54 Å². The molecule has 0 radical (unpaired) electrons. The van der Waals surface area contributed by atoms with Crippen LogP contribution in [0.1, 0.15) is 15.9 Å². The molecule has 0 aliphatic heterocycles. The van der Waals surface area contributed by atoms with Crippen molar-refractivity contribution in [2.45, 2.75) is 6.54 Å². The van der Waals surface area contributed by atoms with E-state index in [0.717, 1.165) is 5.56 Å². The second-order valence-corrected chi connectivity index (χ2v) is 4.42. The molecule has 0 aliphatic carbocycles. The number of para-hydroxylation sites is 1. The number of nitrogens with two attached hydrogens (primary N) is 1. The normalized spacial score (nSPS) is 10.0. The zero-order chi connectivity index (χ0) is 15.2. The van der Waals surface area contributed by atoms with Gasteiger partial charge in [0.05, 0.1) is 14.2 Å². The van der Waals surface area contributed by atoms with Crippen molar-refractivity contribution in [1.29, 1.82) is 0 Å². The Morgan fingerprint density at radius 2 is 1.71 bits per heavy atom. The lowest BCUT2D eigenvalue weighted by Gasteiger charge is -2.11. The summed E-state index contributed by atoms with van der Waals surface area (Å²) in [5.74, 6) is 0.881. The average molecular weight is 286 g/mol. The molecular weight excluding hydrogens is 268 g/mol. The van der Waals surface area contributed by atoms with Crippen molar-refractivity contribution in [3.63, 3.8) is 0 Å². The average Bonchev–Trinajstić information content (AvgIpc) is 2.54. The first kappa shape index (κ1) is 14.9. The molecule has 2 aromatic carbocycles. The van der Waals surface area contributed by atoms with Gasteiger partial charge in [0.15, 0.2) is 0 Å². The van der Waals surface area contributed by atoms with Gasteiger partial charge in [-0.1, -0.05) is 18.2 Å². The lowest BCUT2D eigenvalue weighted by atomic mass is 10.1. The van der Waals surface area contributed by atoms with Crippen molar-refractivity contribution in [3.05, 3.63) is 53.6 Å². The fraction of sp³-hybridized carbons (Fsp3) is 0.188. The molecule has 0 bridgehead atoms. The van der Waals surface area contributed by atoms with E-state index in [1.54, 1.807) is 32.4 Å². The predicted octanol–water partition coefficient (Wildman–Crippen LogP) is 2.41. The first-order chi connectivity index (χ1) is 10.2. The topological polar surface area (TPSA) is 73.6 Å². The lowest BCUT2D eigenvalue weighted by Crippen LogP contribution is -2.14. The fourth-order valence-corrected chi connectivity index (χ4v) is 1.95. The third-order valence-electron chi connectivity index (χ3n) is 3.10. The van der Waals surface area contributed by atoms with Gasteiger partial charge in [-0.25, -0.2) is 0 Å². The molecule has 0 atom stereocenters. The largest absolute Gasteiger partial charge is 0.497 e. The first-order valence-corrected chi connectivity index (χ1v) is 6.50. The summed E-state index contributed by atoms with van der Waals surface area (Å²) in [6.45, 7) is 0.359. The van der Waals surface area contributed by atoms with E-state index in [-0.39, 0.29) is 5.91 Å². The van der Waals surface area contributed by atoms with Crippen LogP contribution in [0.25, 0.3) is 0 Å². The number of benzene rings is 2. The number of amides is 1. The molecule has 2 rings (SSSR count). The highest BCUT2D eigenvalue weighted by Crippen LogP contribution is 2.23. The van der Waals surface area contributed by atoms with Gasteiger partial charge in [0.1, 0.15) is 11.5 Å². The second kappa shape index (κ2) is 6.76. The van der Waals surface area contributed by atoms with Crippen LogP contribution >= 0.6 is 0 Å². The van der Waals surface area contributed by atoms with Crippen molar-refractivity contribution in [3.8, 4) is 11.5 Å². The summed E-state index contributed by atoms with van der Waals surface area (Å²) in [7, 11) is 3.08. The van der Waals surface area contributed by atoms with E-state index in [1.807, 2.05) is 24.3 Å². The Morgan fingerprint density at radius 3 is 2.29 bits per heavy atom. The van der Waals surface area contributed by atoms with Crippen molar-refractivity contribution in [2.75, 3.05) is 19.5 Å². The molecule has 0 spiro atoms. The van der Waals surface area contributed by atoms with Gasteiger partial charge in [0, 0.05) is 23.9 Å². The Hall–Kier alpha value is -2.53. The molecule has 0 saturated heterocycles. The molecule has 0 heterocycles. The summed E-state index contributed by atoms with van der Waals surface area (Å²) in [6, 6.07) is 12.4. The molecule has 5 heteroatoms. The zero-order valence-corrected chi connectivity index (χ0v) is 12.1. The number of hydrogen-bond donors (Lipinski definition) is 2.